The largest absolute Gasteiger partial charge is 0.459 e. The maximum Gasteiger partial charge on any atom is 0.303 e. The summed E-state index contributed by atoms with van der Waals surface area (Å²) in [5, 5.41) is 0.739. The molecule has 0 N–H and O–H groups in total. The van der Waals surface area contributed by atoms with E-state index < -0.39 is 0 Å². The summed E-state index contributed by atoms with van der Waals surface area (Å²) in [5.74, 6) is 0.255. The van der Waals surface area contributed by atoms with Gasteiger partial charge in [-0.1, -0.05) is 74.3 Å². The van der Waals surface area contributed by atoms with Crippen molar-refractivity contribution in [3.63, 3.8) is 0 Å². The van der Waals surface area contributed by atoms with E-state index in [1.165, 1.54) is 18.1 Å². The van der Waals surface area contributed by atoms with E-state index in [2.05, 4.69) is 58.0 Å². The molecule has 4 heteroatoms. The molecule has 1 saturated heterocycles. The van der Waals surface area contributed by atoms with Gasteiger partial charge in [0.05, 0.1) is 6.10 Å². The molecule has 0 aliphatic carbocycles. The minimum atomic E-state index is -0.307. The van der Waals surface area contributed by atoms with Gasteiger partial charge in [-0.3, -0.25) is 4.79 Å². The molecule has 2 aromatic carbocycles. The molecule has 29 heavy (non-hydrogen) atoms. The highest BCUT2D eigenvalue weighted by molar-refractivity contribution is 6.31. The molecule has 0 saturated carbocycles. The molecule has 1 fully saturated rings. The number of hydrogen-bond acceptors (Lipinski definition) is 3. The first-order valence-electron chi connectivity index (χ1n) is 10.5. The molecule has 2 aromatic rings. The van der Waals surface area contributed by atoms with Crippen LogP contribution in [0.25, 0.3) is 0 Å². The molecule has 1 aliphatic rings. The third-order valence-electron chi connectivity index (χ3n) is 6.17. The van der Waals surface area contributed by atoms with Gasteiger partial charge < -0.3 is 9.47 Å². The Balaban J connectivity index is 1.93. The van der Waals surface area contributed by atoms with Gasteiger partial charge in [-0.05, 0) is 48.4 Å². The summed E-state index contributed by atoms with van der Waals surface area (Å²) in [6.45, 7) is 10.0. The minimum Gasteiger partial charge on any atom is -0.459 e. The van der Waals surface area contributed by atoms with Gasteiger partial charge in [0, 0.05) is 17.9 Å². The predicted octanol–water partition coefficient (Wildman–Crippen LogP) is 6.29. The lowest BCUT2D eigenvalue weighted by molar-refractivity contribution is -0.196. The summed E-state index contributed by atoms with van der Waals surface area (Å²) in [6.07, 6.45) is 1.22. The van der Waals surface area contributed by atoms with Gasteiger partial charge in [0.15, 0.2) is 0 Å². The monoisotopic (exact) mass is 414 g/mol. The van der Waals surface area contributed by atoms with E-state index in [0.29, 0.717) is 5.92 Å². The summed E-state index contributed by atoms with van der Waals surface area (Å²) in [4.78, 5) is 11.8. The van der Waals surface area contributed by atoms with Crippen molar-refractivity contribution in [2.75, 3.05) is 0 Å². The fourth-order valence-corrected chi connectivity index (χ4v) is 4.42. The van der Waals surface area contributed by atoms with Gasteiger partial charge >= 0.3 is 5.97 Å². The van der Waals surface area contributed by atoms with Crippen molar-refractivity contribution >= 4 is 17.6 Å². The van der Waals surface area contributed by atoms with E-state index in [9.17, 15) is 4.79 Å². The molecular weight excluding hydrogens is 384 g/mol. The Hall–Kier alpha value is -1.84. The van der Waals surface area contributed by atoms with Gasteiger partial charge in [-0.15, -0.1) is 0 Å². The maximum absolute atomic E-state index is 11.8. The molecule has 1 aliphatic heterocycles. The number of benzene rings is 2. The SMILES string of the molecule is CC[C@H]1O[C@@H](c2ccc(Cl)c(Cc3ccc(C)cc3)c2)C(OC(C)=O)C(C)[C@@H]1C. The van der Waals surface area contributed by atoms with E-state index in [-0.39, 0.29) is 30.2 Å². The highest BCUT2D eigenvalue weighted by Crippen LogP contribution is 2.42. The van der Waals surface area contributed by atoms with E-state index in [0.717, 1.165) is 29.0 Å². The van der Waals surface area contributed by atoms with Crippen LogP contribution in [0.5, 0.6) is 0 Å². The zero-order valence-corrected chi connectivity index (χ0v) is 18.7. The van der Waals surface area contributed by atoms with Crippen LogP contribution in [0.15, 0.2) is 42.5 Å². The Morgan fingerprint density at radius 2 is 1.79 bits per heavy atom. The lowest BCUT2D eigenvalue weighted by Crippen LogP contribution is -2.46. The van der Waals surface area contributed by atoms with Gasteiger partial charge in [0.2, 0.25) is 0 Å². The summed E-state index contributed by atoms with van der Waals surface area (Å²) in [7, 11) is 0. The van der Waals surface area contributed by atoms with Gasteiger partial charge in [0.25, 0.3) is 0 Å². The van der Waals surface area contributed by atoms with E-state index in [1.54, 1.807) is 0 Å². The van der Waals surface area contributed by atoms with Crippen molar-refractivity contribution < 1.29 is 14.3 Å². The standard InChI is InChI=1S/C25H31ClO3/c1-6-23-16(3)17(4)24(28-18(5)27)25(29-23)20-11-12-22(26)21(14-20)13-19-9-7-15(2)8-10-19/h7-12,14,16-17,23-25H,6,13H2,1-5H3/t16-,17?,23+,24?,25-/m0/s1. The Kier molecular flexibility index (Phi) is 7.02. The number of ether oxygens (including phenoxy) is 2. The lowest BCUT2D eigenvalue weighted by Gasteiger charge is -2.44. The van der Waals surface area contributed by atoms with Gasteiger partial charge in [0.1, 0.15) is 12.2 Å². The summed E-state index contributed by atoms with van der Waals surface area (Å²) in [6, 6.07) is 14.5. The van der Waals surface area contributed by atoms with Gasteiger partial charge in [-0.2, -0.15) is 0 Å². The van der Waals surface area contributed by atoms with Crippen LogP contribution < -0.4 is 0 Å². The topological polar surface area (TPSA) is 35.5 Å². The van der Waals surface area contributed by atoms with Crippen LogP contribution >= 0.6 is 11.6 Å². The number of carbonyl (C=O) groups excluding carboxylic acids is 1. The number of aryl methyl sites for hydroxylation is 1. The second-order valence-corrected chi connectivity index (χ2v) is 8.72. The number of carbonyl (C=O) groups is 1. The van der Waals surface area contributed by atoms with Crippen molar-refractivity contribution in [3.05, 3.63) is 69.7 Å². The van der Waals surface area contributed by atoms with E-state index in [4.69, 9.17) is 21.1 Å². The quantitative estimate of drug-likeness (QED) is 0.539. The molecule has 0 spiro atoms. The maximum atomic E-state index is 11.8. The Morgan fingerprint density at radius 1 is 1.10 bits per heavy atom. The molecular formula is C25H31ClO3. The number of hydrogen-bond donors (Lipinski definition) is 0. The predicted molar refractivity (Wildman–Crippen MR) is 117 cm³/mol. The molecule has 0 amide bonds. The molecule has 1 heterocycles. The van der Waals surface area contributed by atoms with Crippen molar-refractivity contribution in [1.82, 2.24) is 0 Å². The van der Waals surface area contributed by atoms with Crippen LogP contribution in [0.3, 0.4) is 0 Å². The summed E-state index contributed by atoms with van der Waals surface area (Å²) in [5.41, 5.74) is 4.52. The Morgan fingerprint density at radius 3 is 2.41 bits per heavy atom. The summed E-state index contributed by atoms with van der Waals surface area (Å²) >= 11 is 6.52. The zero-order valence-electron chi connectivity index (χ0n) is 17.9. The molecule has 2 unspecified atom stereocenters. The van der Waals surface area contributed by atoms with Crippen molar-refractivity contribution in [3.8, 4) is 0 Å². The molecule has 0 radical (unpaired) electrons. The number of esters is 1. The van der Waals surface area contributed by atoms with Crippen LogP contribution in [0.2, 0.25) is 5.02 Å². The fourth-order valence-electron chi connectivity index (χ4n) is 4.23. The van der Waals surface area contributed by atoms with Crippen molar-refractivity contribution in [2.45, 2.75) is 65.8 Å². The Bertz CT molecular complexity index is 846. The molecule has 3 rings (SSSR count). The minimum absolute atomic E-state index is 0.137. The smallest absolute Gasteiger partial charge is 0.303 e. The van der Waals surface area contributed by atoms with Crippen LogP contribution in [0, 0.1) is 18.8 Å². The van der Waals surface area contributed by atoms with Crippen LogP contribution in [0.1, 0.15) is 62.5 Å². The van der Waals surface area contributed by atoms with Crippen LogP contribution in [0.4, 0.5) is 0 Å². The average Bonchev–Trinajstić information content (AvgIpc) is 2.69. The summed E-state index contributed by atoms with van der Waals surface area (Å²) < 4.78 is 12.2. The average molecular weight is 415 g/mol. The first-order chi connectivity index (χ1) is 13.8. The molecule has 0 aromatic heterocycles. The highest BCUT2D eigenvalue weighted by atomic mass is 35.5. The lowest BCUT2D eigenvalue weighted by atomic mass is 9.78. The normalized spacial score (nSPS) is 26.9. The number of halogens is 1. The van der Waals surface area contributed by atoms with E-state index in [1.807, 2.05) is 12.1 Å². The Labute approximate surface area is 179 Å². The second-order valence-electron chi connectivity index (χ2n) is 8.31. The van der Waals surface area contributed by atoms with Crippen LogP contribution in [-0.4, -0.2) is 18.2 Å². The van der Waals surface area contributed by atoms with Crippen molar-refractivity contribution in [2.24, 2.45) is 11.8 Å². The third-order valence-corrected chi connectivity index (χ3v) is 6.54. The van der Waals surface area contributed by atoms with Crippen molar-refractivity contribution in [1.29, 1.82) is 0 Å². The molecule has 0 bridgehead atoms. The first-order valence-corrected chi connectivity index (χ1v) is 10.8. The van der Waals surface area contributed by atoms with Gasteiger partial charge in [-0.25, -0.2) is 0 Å². The fraction of sp³-hybridized carbons (Fsp3) is 0.480. The van der Waals surface area contributed by atoms with E-state index >= 15 is 0 Å². The third kappa shape index (κ3) is 5.02. The highest BCUT2D eigenvalue weighted by Gasteiger charge is 2.43. The number of rotatable bonds is 5. The first kappa shape index (κ1) is 21.9. The molecule has 156 valence electrons. The molecule has 5 atom stereocenters. The second kappa shape index (κ2) is 9.32. The molecule has 3 nitrogen and oxygen atoms in total. The zero-order chi connectivity index (χ0) is 21.1. The van der Waals surface area contributed by atoms with Crippen LogP contribution in [-0.2, 0) is 20.7 Å².